The minimum atomic E-state index is -0.800. The predicted molar refractivity (Wildman–Crippen MR) is 139 cm³/mol. The van der Waals surface area contributed by atoms with Crippen molar-refractivity contribution in [3.8, 4) is 0 Å². The third-order valence-electron chi connectivity index (χ3n) is 5.81. The minimum absolute atomic E-state index is 0.380. The van der Waals surface area contributed by atoms with Crippen molar-refractivity contribution in [1.82, 2.24) is 25.4 Å². The van der Waals surface area contributed by atoms with E-state index in [0.29, 0.717) is 31.2 Å². The van der Waals surface area contributed by atoms with Crippen LogP contribution in [0.25, 0.3) is 11.0 Å². The number of alkyl carbamates (subject to hydrolysis) is 1. The second kappa shape index (κ2) is 10.5. The molecular formula is C24H28BrClN6O3. The van der Waals surface area contributed by atoms with Gasteiger partial charge in [-0.15, -0.1) is 0 Å². The summed E-state index contributed by atoms with van der Waals surface area (Å²) in [6, 6.07) is 6.18. The summed E-state index contributed by atoms with van der Waals surface area (Å²) >= 11 is 9.75. The summed E-state index contributed by atoms with van der Waals surface area (Å²) in [5.41, 5.74) is 1.98. The molecule has 0 bridgehead atoms. The number of halogens is 2. The Morgan fingerprint density at radius 2 is 1.89 bits per heavy atom. The summed E-state index contributed by atoms with van der Waals surface area (Å²) < 4.78 is 6.30. The van der Waals surface area contributed by atoms with Crippen molar-refractivity contribution in [3.05, 3.63) is 51.7 Å². The Balaban J connectivity index is 1.57. The van der Waals surface area contributed by atoms with Gasteiger partial charge in [0.05, 0.1) is 27.8 Å². The molecule has 1 aliphatic heterocycles. The lowest BCUT2D eigenvalue weighted by atomic mass is 9.97. The fourth-order valence-corrected chi connectivity index (χ4v) is 5.04. The summed E-state index contributed by atoms with van der Waals surface area (Å²) in [6.45, 7) is 8.12. The van der Waals surface area contributed by atoms with Crippen LogP contribution in [0.4, 0.5) is 10.5 Å². The van der Waals surface area contributed by atoms with Crippen molar-refractivity contribution in [1.29, 1.82) is 0 Å². The first-order valence-corrected chi connectivity index (χ1v) is 12.5. The number of piperazine rings is 1. The highest BCUT2D eigenvalue weighted by molar-refractivity contribution is 9.10. The van der Waals surface area contributed by atoms with Gasteiger partial charge in [0.25, 0.3) is 0 Å². The molecule has 186 valence electrons. The van der Waals surface area contributed by atoms with Crippen LogP contribution < -0.4 is 10.2 Å². The molecule has 11 heteroatoms. The maximum absolute atomic E-state index is 12.5. The van der Waals surface area contributed by atoms with Gasteiger partial charge in [-0.1, -0.05) is 23.7 Å². The van der Waals surface area contributed by atoms with E-state index in [1.54, 1.807) is 45.3 Å². The van der Waals surface area contributed by atoms with E-state index in [2.05, 4.69) is 46.2 Å². The molecule has 9 nitrogen and oxygen atoms in total. The molecule has 4 rings (SSSR count). The Kier molecular flexibility index (Phi) is 7.63. The molecule has 2 aromatic heterocycles. The van der Waals surface area contributed by atoms with Gasteiger partial charge in [0, 0.05) is 37.4 Å². The van der Waals surface area contributed by atoms with Gasteiger partial charge in [0.1, 0.15) is 17.9 Å². The first-order valence-electron chi connectivity index (χ1n) is 11.3. The Bertz CT molecular complexity index is 1190. The Hall–Kier alpha value is -2.69. The largest absolute Gasteiger partial charge is 0.444 e. The summed E-state index contributed by atoms with van der Waals surface area (Å²) in [7, 11) is 0. The maximum Gasteiger partial charge on any atom is 0.408 e. The van der Waals surface area contributed by atoms with E-state index < -0.39 is 17.7 Å². The molecule has 1 saturated heterocycles. The van der Waals surface area contributed by atoms with Crippen molar-refractivity contribution >= 4 is 56.6 Å². The number of ether oxygens (including phenoxy) is 1. The van der Waals surface area contributed by atoms with Crippen LogP contribution in [-0.4, -0.2) is 70.3 Å². The van der Waals surface area contributed by atoms with Crippen molar-refractivity contribution in [2.24, 2.45) is 0 Å². The molecule has 0 saturated carbocycles. The Morgan fingerprint density at radius 1 is 1.20 bits per heavy atom. The molecule has 0 spiro atoms. The van der Waals surface area contributed by atoms with Gasteiger partial charge in [-0.05, 0) is 54.4 Å². The molecule has 3 heterocycles. The maximum atomic E-state index is 12.5. The second-order valence-corrected chi connectivity index (χ2v) is 10.7. The van der Waals surface area contributed by atoms with E-state index >= 15 is 0 Å². The van der Waals surface area contributed by atoms with Gasteiger partial charge in [-0.25, -0.2) is 9.78 Å². The number of aromatic nitrogens is 3. The fourth-order valence-electron chi connectivity index (χ4n) is 4.34. The minimum Gasteiger partial charge on any atom is -0.444 e. The average Bonchev–Trinajstić information content (AvgIpc) is 3.28. The SMILES string of the molecule is CC(C)(C)OC(=O)NC(C=O)C(c1ccc(Cl)cc1)N1CCN(c2c(Br)cnc3[nH]ncc23)CC1. The van der Waals surface area contributed by atoms with E-state index in [1.807, 2.05) is 12.1 Å². The van der Waals surface area contributed by atoms with Crippen LogP contribution in [0, 0.1) is 0 Å². The van der Waals surface area contributed by atoms with Crippen LogP contribution in [-0.2, 0) is 9.53 Å². The number of hydrogen-bond donors (Lipinski definition) is 2. The fraction of sp³-hybridized carbons (Fsp3) is 0.417. The lowest BCUT2D eigenvalue weighted by Crippen LogP contribution is -2.54. The molecule has 1 fully saturated rings. The first-order chi connectivity index (χ1) is 16.7. The van der Waals surface area contributed by atoms with Crippen molar-refractivity contribution in [2.75, 3.05) is 31.1 Å². The number of rotatable bonds is 6. The number of amides is 1. The van der Waals surface area contributed by atoms with Gasteiger partial charge in [0.2, 0.25) is 0 Å². The number of aldehydes is 1. The van der Waals surface area contributed by atoms with E-state index in [4.69, 9.17) is 16.3 Å². The van der Waals surface area contributed by atoms with Crippen LogP contribution in [0.2, 0.25) is 5.02 Å². The van der Waals surface area contributed by atoms with Crippen molar-refractivity contribution in [3.63, 3.8) is 0 Å². The average molecular weight is 564 g/mol. The van der Waals surface area contributed by atoms with Gasteiger partial charge in [0.15, 0.2) is 5.65 Å². The lowest BCUT2D eigenvalue weighted by Gasteiger charge is -2.42. The molecule has 2 atom stereocenters. The first kappa shape index (κ1) is 25.4. The van der Waals surface area contributed by atoms with Gasteiger partial charge < -0.3 is 19.7 Å². The molecule has 1 aliphatic rings. The topological polar surface area (TPSA) is 103 Å². The smallest absolute Gasteiger partial charge is 0.408 e. The van der Waals surface area contributed by atoms with Crippen molar-refractivity contribution < 1.29 is 14.3 Å². The number of carbonyl (C=O) groups excluding carboxylic acids is 2. The summed E-state index contributed by atoms with van der Waals surface area (Å²) in [5, 5.41) is 11.4. The van der Waals surface area contributed by atoms with E-state index in [9.17, 15) is 9.59 Å². The van der Waals surface area contributed by atoms with Gasteiger partial charge >= 0.3 is 6.09 Å². The molecule has 3 aromatic rings. The molecule has 1 aromatic carbocycles. The summed E-state index contributed by atoms with van der Waals surface area (Å²) in [6.07, 6.45) is 3.68. The Morgan fingerprint density at radius 3 is 2.51 bits per heavy atom. The number of hydrogen-bond acceptors (Lipinski definition) is 7. The third kappa shape index (κ3) is 5.94. The quantitative estimate of drug-likeness (QED) is 0.430. The molecule has 1 amide bonds. The standard InChI is InChI=1S/C24H28BrClN6O3/c1-24(2,3)35-23(34)29-19(14-33)20(15-4-6-16(26)7-5-15)31-8-10-32(11-9-31)21-17-12-28-30-22(17)27-13-18(21)25/h4-7,12-14,19-20H,8-11H2,1-3H3,(H,29,34)(H,27,28,30). The highest BCUT2D eigenvalue weighted by Crippen LogP contribution is 2.34. The van der Waals surface area contributed by atoms with Crippen LogP contribution >= 0.6 is 27.5 Å². The molecular weight excluding hydrogens is 536 g/mol. The summed E-state index contributed by atoms with van der Waals surface area (Å²) in [5.74, 6) is 0. The van der Waals surface area contributed by atoms with Crippen LogP contribution in [0.15, 0.2) is 41.1 Å². The summed E-state index contributed by atoms with van der Waals surface area (Å²) in [4.78, 5) is 33.6. The van der Waals surface area contributed by atoms with Crippen LogP contribution in [0.5, 0.6) is 0 Å². The van der Waals surface area contributed by atoms with E-state index in [1.165, 1.54) is 0 Å². The van der Waals surface area contributed by atoms with Crippen molar-refractivity contribution in [2.45, 2.75) is 38.5 Å². The molecule has 2 unspecified atom stereocenters. The number of fused-ring (bicyclic) bond motifs is 1. The highest BCUT2D eigenvalue weighted by atomic mass is 79.9. The number of anilines is 1. The molecule has 0 aliphatic carbocycles. The normalized spacial score (nSPS) is 16.7. The molecule has 35 heavy (non-hydrogen) atoms. The van der Waals surface area contributed by atoms with Gasteiger partial charge in [-0.3, -0.25) is 10.00 Å². The zero-order chi connectivity index (χ0) is 25.2. The molecule has 2 N–H and O–H groups in total. The van der Waals surface area contributed by atoms with E-state index in [-0.39, 0.29) is 6.04 Å². The van der Waals surface area contributed by atoms with Gasteiger partial charge in [-0.2, -0.15) is 5.10 Å². The molecule has 0 radical (unpaired) electrons. The number of pyridine rings is 1. The zero-order valence-electron chi connectivity index (χ0n) is 19.8. The lowest BCUT2D eigenvalue weighted by molar-refractivity contribution is -0.111. The van der Waals surface area contributed by atoms with E-state index in [0.717, 1.165) is 33.0 Å². The van der Waals surface area contributed by atoms with Crippen LogP contribution in [0.3, 0.4) is 0 Å². The predicted octanol–water partition coefficient (Wildman–Crippen LogP) is 4.33. The number of H-pyrrole nitrogens is 1. The Labute approximate surface area is 217 Å². The monoisotopic (exact) mass is 562 g/mol. The third-order valence-corrected chi connectivity index (χ3v) is 6.65. The van der Waals surface area contributed by atoms with Crippen LogP contribution in [0.1, 0.15) is 32.4 Å². The number of carbonyl (C=O) groups is 2. The number of benzene rings is 1. The number of nitrogens with one attached hydrogen (secondary N) is 2. The highest BCUT2D eigenvalue weighted by Gasteiger charge is 2.34. The number of nitrogens with zero attached hydrogens (tertiary/aromatic N) is 4. The number of aromatic amines is 1. The second-order valence-electron chi connectivity index (χ2n) is 9.41. The zero-order valence-corrected chi connectivity index (χ0v) is 22.1.